The number of nitrogens with one attached hydrogen (secondary N) is 1. The monoisotopic (exact) mass is 340 g/mol. The summed E-state index contributed by atoms with van der Waals surface area (Å²) in [5.41, 5.74) is 2.57. The summed E-state index contributed by atoms with van der Waals surface area (Å²) in [5, 5.41) is 2.80. The average molecular weight is 340 g/mol. The summed E-state index contributed by atoms with van der Waals surface area (Å²) in [6, 6.07) is 13.2. The fourth-order valence-corrected chi connectivity index (χ4v) is 3.17. The fraction of sp³-hybridized carbons (Fsp3) is 0.300. The van der Waals surface area contributed by atoms with Crippen molar-refractivity contribution in [3.63, 3.8) is 0 Å². The van der Waals surface area contributed by atoms with Crippen molar-refractivity contribution in [2.24, 2.45) is 0 Å². The number of carbonyl (C=O) groups is 2. The molecule has 0 unspecified atom stereocenters. The van der Waals surface area contributed by atoms with Crippen molar-refractivity contribution in [1.82, 2.24) is 5.32 Å². The molecule has 1 heterocycles. The first-order chi connectivity index (χ1) is 12.1. The molecule has 1 aliphatic rings. The van der Waals surface area contributed by atoms with Gasteiger partial charge in [-0.1, -0.05) is 30.3 Å². The van der Waals surface area contributed by atoms with Crippen LogP contribution in [0.3, 0.4) is 0 Å². The Morgan fingerprint density at radius 2 is 2.00 bits per heavy atom. The van der Waals surface area contributed by atoms with Crippen molar-refractivity contribution >= 4 is 17.5 Å². The van der Waals surface area contributed by atoms with Gasteiger partial charge in [0, 0.05) is 18.7 Å². The molecule has 5 heteroatoms. The second-order valence-corrected chi connectivity index (χ2v) is 6.27. The molecule has 0 fully saturated rings. The Bertz CT molecular complexity index is 791. The zero-order valence-electron chi connectivity index (χ0n) is 14.2. The summed E-state index contributed by atoms with van der Waals surface area (Å²) in [6.07, 6.45) is 2.04. The minimum atomic E-state index is -0.625. The molecule has 0 saturated carbocycles. The van der Waals surface area contributed by atoms with Gasteiger partial charge in [0.25, 0.3) is 0 Å². The smallest absolute Gasteiger partial charge is 0.243 e. The quantitative estimate of drug-likeness (QED) is 0.929. The molecular formula is C20H21FN2O2. The van der Waals surface area contributed by atoms with Crippen molar-refractivity contribution in [1.29, 1.82) is 0 Å². The van der Waals surface area contributed by atoms with E-state index in [2.05, 4.69) is 5.32 Å². The van der Waals surface area contributed by atoms with E-state index in [1.54, 1.807) is 24.0 Å². The highest BCUT2D eigenvalue weighted by Crippen LogP contribution is 2.28. The lowest BCUT2D eigenvalue weighted by Gasteiger charge is -2.28. The van der Waals surface area contributed by atoms with E-state index < -0.39 is 6.04 Å². The molecule has 0 saturated heterocycles. The third-order valence-corrected chi connectivity index (χ3v) is 4.48. The van der Waals surface area contributed by atoms with Gasteiger partial charge in [-0.25, -0.2) is 4.39 Å². The van der Waals surface area contributed by atoms with Crippen LogP contribution in [0.1, 0.15) is 30.9 Å². The van der Waals surface area contributed by atoms with Gasteiger partial charge >= 0.3 is 0 Å². The van der Waals surface area contributed by atoms with Crippen LogP contribution in [0.4, 0.5) is 10.1 Å². The molecule has 0 radical (unpaired) electrons. The number of halogens is 1. The number of nitrogens with zero attached hydrogens (tertiary/aromatic N) is 1. The number of aryl methyl sites for hydroxylation is 1. The lowest BCUT2D eigenvalue weighted by Crippen LogP contribution is -2.48. The zero-order valence-corrected chi connectivity index (χ0v) is 14.2. The fourth-order valence-electron chi connectivity index (χ4n) is 3.17. The van der Waals surface area contributed by atoms with Gasteiger partial charge in [0.2, 0.25) is 11.8 Å². The SMILES string of the molecule is C[C@H](C(=O)NCc1cccc(F)c1)N1C(=O)CCCc2ccccc21. The predicted molar refractivity (Wildman–Crippen MR) is 94.6 cm³/mol. The number of carbonyl (C=O) groups excluding carboxylic acids is 2. The summed E-state index contributed by atoms with van der Waals surface area (Å²) < 4.78 is 13.2. The summed E-state index contributed by atoms with van der Waals surface area (Å²) in [7, 11) is 0. The van der Waals surface area contributed by atoms with Crippen LogP contribution in [0.15, 0.2) is 48.5 Å². The summed E-state index contributed by atoms with van der Waals surface area (Å²) >= 11 is 0. The Hall–Kier alpha value is -2.69. The number of anilines is 1. The maximum absolute atomic E-state index is 13.2. The van der Waals surface area contributed by atoms with Crippen molar-refractivity contribution < 1.29 is 14.0 Å². The highest BCUT2D eigenvalue weighted by Gasteiger charge is 2.30. The predicted octanol–water partition coefficient (Wildman–Crippen LogP) is 3.20. The van der Waals surface area contributed by atoms with Crippen molar-refractivity contribution in [3.8, 4) is 0 Å². The van der Waals surface area contributed by atoms with Crippen LogP contribution in [0, 0.1) is 5.82 Å². The van der Waals surface area contributed by atoms with Crippen molar-refractivity contribution in [3.05, 3.63) is 65.5 Å². The van der Waals surface area contributed by atoms with Gasteiger partial charge in [0.05, 0.1) is 0 Å². The van der Waals surface area contributed by atoms with Crippen LogP contribution in [0.25, 0.3) is 0 Å². The first-order valence-corrected chi connectivity index (χ1v) is 8.48. The van der Waals surface area contributed by atoms with Crippen molar-refractivity contribution in [2.75, 3.05) is 4.90 Å². The second-order valence-electron chi connectivity index (χ2n) is 6.27. The van der Waals surface area contributed by atoms with Crippen LogP contribution in [-0.2, 0) is 22.6 Å². The second kappa shape index (κ2) is 7.47. The maximum Gasteiger partial charge on any atom is 0.243 e. The molecule has 1 N–H and O–H groups in total. The number of hydrogen-bond acceptors (Lipinski definition) is 2. The van der Waals surface area contributed by atoms with Crippen LogP contribution in [-0.4, -0.2) is 17.9 Å². The molecule has 2 amide bonds. The number of benzene rings is 2. The number of para-hydroxylation sites is 1. The largest absolute Gasteiger partial charge is 0.350 e. The first kappa shape index (κ1) is 17.1. The Kier molecular flexibility index (Phi) is 5.12. The molecule has 3 rings (SSSR count). The molecule has 0 aromatic heterocycles. The minimum Gasteiger partial charge on any atom is -0.350 e. The Morgan fingerprint density at radius 1 is 1.20 bits per heavy atom. The third-order valence-electron chi connectivity index (χ3n) is 4.48. The van der Waals surface area contributed by atoms with Crippen molar-refractivity contribution in [2.45, 2.75) is 38.8 Å². The molecule has 25 heavy (non-hydrogen) atoms. The van der Waals surface area contributed by atoms with Gasteiger partial charge in [-0.05, 0) is 49.1 Å². The standard InChI is InChI=1S/C20H21FN2O2/c1-14(20(25)22-13-15-6-4-9-17(21)12-15)23-18-10-3-2-7-16(18)8-5-11-19(23)24/h2-4,6-7,9-10,12,14H,5,8,11,13H2,1H3,(H,22,25)/t14-/m1/s1. The Morgan fingerprint density at radius 3 is 2.80 bits per heavy atom. The van der Waals surface area contributed by atoms with Crippen LogP contribution in [0.2, 0.25) is 0 Å². The summed E-state index contributed by atoms with van der Waals surface area (Å²) in [5.74, 6) is -0.635. The van der Waals surface area contributed by atoms with Gasteiger partial charge in [-0.3, -0.25) is 14.5 Å². The third kappa shape index (κ3) is 3.87. The Labute approximate surface area is 146 Å². The van der Waals surface area contributed by atoms with E-state index in [0.29, 0.717) is 12.0 Å². The Balaban J connectivity index is 1.75. The van der Waals surface area contributed by atoms with Crippen LogP contribution >= 0.6 is 0 Å². The van der Waals surface area contributed by atoms with Gasteiger partial charge in [-0.15, -0.1) is 0 Å². The van der Waals surface area contributed by atoms with E-state index in [1.165, 1.54) is 12.1 Å². The minimum absolute atomic E-state index is 0.0432. The molecule has 4 nitrogen and oxygen atoms in total. The molecule has 1 atom stereocenters. The van der Waals surface area contributed by atoms with Gasteiger partial charge in [0.1, 0.15) is 11.9 Å². The average Bonchev–Trinajstić information content (AvgIpc) is 2.77. The number of rotatable bonds is 4. The van der Waals surface area contributed by atoms with E-state index >= 15 is 0 Å². The summed E-state index contributed by atoms with van der Waals surface area (Å²) in [6.45, 7) is 1.95. The topological polar surface area (TPSA) is 49.4 Å². The number of hydrogen-bond donors (Lipinski definition) is 1. The molecule has 1 aliphatic heterocycles. The van der Waals surface area contributed by atoms with E-state index in [9.17, 15) is 14.0 Å². The molecule has 0 bridgehead atoms. The first-order valence-electron chi connectivity index (χ1n) is 8.48. The molecule has 0 spiro atoms. The van der Waals surface area contributed by atoms with E-state index in [0.717, 1.165) is 24.1 Å². The molecule has 2 aromatic carbocycles. The summed E-state index contributed by atoms with van der Waals surface area (Å²) in [4.78, 5) is 26.7. The molecular weight excluding hydrogens is 319 g/mol. The number of amides is 2. The van der Waals surface area contributed by atoms with E-state index in [1.807, 2.05) is 24.3 Å². The lowest BCUT2D eigenvalue weighted by molar-refractivity contribution is -0.126. The van der Waals surface area contributed by atoms with Crippen LogP contribution in [0.5, 0.6) is 0 Å². The number of fused-ring (bicyclic) bond motifs is 1. The normalized spacial score (nSPS) is 15.3. The molecule has 2 aromatic rings. The maximum atomic E-state index is 13.2. The molecule has 130 valence electrons. The highest BCUT2D eigenvalue weighted by molar-refractivity contribution is 6.01. The van der Waals surface area contributed by atoms with E-state index in [-0.39, 0.29) is 24.2 Å². The lowest BCUT2D eigenvalue weighted by atomic mass is 10.1. The highest BCUT2D eigenvalue weighted by atomic mass is 19.1. The van der Waals surface area contributed by atoms with Gasteiger partial charge in [0.15, 0.2) is 0 Å². The van der Waals surface area contributed by atoms with Gasteiger partial charge in [-0.2, -0.15) is 0 Å². The zero-order chi connectivity index (χ0) is 17.8. The van der Waals surface area contributed by atoms with E-state index in [4.69, 9.17) is 0 Å². The van der Waals surface area contributed by atoms with Gasteiger partial charge < -0.3 is 5.32 Å². The van der Waals surface area contributed by atoms with Crippen LogP contribution < -0.4 is 10.2 Å². The molecule has 0 aliphatic carbocycles.